The van der Waals surface area contributed by atoms with Crippen molar-refractivity contribution in [3.63, 3.8) is 0 Å². The van der Waals surface area contributed by atoms with Crippen molar-refractivity contribution in [2.24, 2.45) is 5.92 Å². The Morgan fingerprint density at radius 2 is 1.81 bits per heavy atom. The Bertz CT molecular complexity index is 584. The van der Waals surface area contributed by atoms with Crippen LogP contribution in [0.15, 0.2) is 42.7 Å². The van der Waals surface area contributed by atoms with Crippen molar-refractivity contribution in [3.05, 3.63) is 48.3 Å². The molecule has 1 heterocycles. The molecule has 1 amide bonds. The molecule has 0 aliphatic rings. The molecule has 2 N–H and O–H groups in total. The van der Waals surface area contributed by atoms with Gasteiger partial charge in [0.2, 0.25) is 0 Å². The standard InChI is InChI=1S/C16H19N3O2/c1-11(10-20)12(2)19-16(21)14-8-17-15(18-9-14)13-6-4-3-5-7-13/h3-9,11-12,20H,10H2,1-2H3,(H,19,21). The van der Waals surface area contributed by atoms with E-state index in [0.717, 1.165) is 5.56 Å². The molecule has 0 radical (unpaired) electrons. The number of amides is 1. The molecule has 2 rings (SSSR count). The molecule has 2 unspecified atom stereocenters. The maximum absolute atomic E-state index is 12.1. The van der Waals surface area contributed by atoms with E-state index in [-0.39, 0.29) is 24.5 Å². The first kappa shape index (κ1) is 15.1. The van der Waals surface area contributed by atoms with Gasteiger partial charge in [0, 0.05) is 30.6 Å². The molecule has 5 nitrogen and oxygen atoms in total. The van der Waals surface area contributed by atoms with Gasteiger partial charge in [-0.2, -0.15) is 0 Å². The molecule has 0 saturated heterocycles. The van der Waals surface area contributed by atoms with Crippen LogP contribution in [0, 0.1) is 5.92 Å². The third-order valence-electron chi connectivity index (χ3n) is 3.45. The first-order chi connectivity index (χ1) is 10.1. The fourth-order valence-electron chi connectivity index (χ4n) is 1.77. The highest BCUT2D eigenvalue weighted by Gasteiger charge is 2.15. The first-order valence-electron chi connectivity index (χ1n) is 6.91. The van der Waals surface area contributed by atoms with Crippen molar-refractivity contribution in [2.45, 2.75) is 19.9 Å². The number of carbonyl (C=O) groups excluding carboxylic acids is 1. The molecule has 0 fully saturated rings. The number of hydrogen-bond donors (Lipinski definition) is 2. The van der Waals surface area contributed by atoms with Crippen molar-refractivity contribution in [2.75, 3.05) is 6.61 Å². The number of nitrogens with one attached hydrogen (secondary N) is 1. The van der Waals surface area contributed by atoms with Crippen LogP contribution < -0.4 is 5.32 Å². The largest absolute Gasteiger partial charge is 0.396 e. The van der Waals surface area contributed by atoms with Gasteiger partial charge in [-0.15, -0.1) is 0 Å². The second-order valence-corrected chi connectivity index (χ2v) is 5.08. The molecule has 5 heteroatoms. The van der Waals surface area contributed by atoms with Gasteiger partial charge in [-0.3, -0.25) is 4.79 Å². The van der Waals surface area contributed by atoms with E-state index >= 15 is 0 Å². The summed E-state index contributed by atoms with van der Waals surface area (Å²) >= 11 is 0. The number of rotatable bonds is 5. The molecule has 0 aliphatic carbocycles. The quantitative estimate of drug-likeness (QED) is 0.879. The Morgan fingerprint density at radius 3 is 2.38 bits per heavy atom. The molecule has 110 valence electrons. The van der Waals surface area contributed by atoms with Crippen LogP contribution in [-0.2, 0) is 0 Å². The Kier molecular flexibility index (Phi) is 5.00. The number of benzene rings is 1. The maximum Gasteiger partial charge on any atom is 0.254 e. The van der Waals surface area contributed by atoms with Crippen LogP contribution >= 0.6 is 0 Å². The molecule has 21 heavy (non-hydrogen) atoms. The smallest absolute Gasteiger partial charge is 0.254 e. The molecule has 0 aliphatic heterocycles. The van der Waals surface area contributed by atoms with Gasteiger partial charge in [0.15, 0.2) is 5.82 Å². The van der Waals surface area contributed by atoms with Crippen molar-refractivity contribution in [1.82, 2.24) is 15.3 Å². The maximum atomic E-state index is 12.1. The average Bonchev–Trinajstić information content (AvgIpc) is 2.55. The van der Waals surface area contributed by atoms with Gasteiger partial charge in [-0.05, 0) is 12.8 Å². The van der Waals surface area contributed by atoms with Crippen molar-refractivity contribution in [1.29, 1.82) is 0 Å². The number of aliphatic hydroxyl groups excluding tert-OH is 1. The van der Waals surface area contributed by atoms with Gasteiger partial charge >= 0.3 is 0 Å². The molecule has 2 atom stereocenters. The fraction of sp³-hybridized carbons (Fsp3) is 0.312. The molecular weight excluding hydrogens is 266 g/mol. The Labute approximate surface area is 124 Å². The third-order valence-corrected chi connectivity index (χ3v) is 3.45. The summed E-state index contributed by atoms with van der Waals surface area (Å²) in [4.78, 5) is 20.5. The fourth-order valence-corrected chi connectivity index (χ4v) is 1.77. The summed E-state index contributed by atoms with van der Waals surface area (Å²) in [6.45, 7) is 3.77. The van der Waals surface area contributed by atoms with Crippen molar-refractivity contribution in [3.8, 4) is 11.4 Å². The summed E-state index contributed by atoms with van der Waals surface area (Å²) < 4.78 is 0. The van der Waals surface area contributed by atoms with E-state index in [0.29, 0.717) is 11.4 Å². The predicted molar refractivity (Wildman–Crippen MR) is 80.6 cm³/mol. The zero-order valence-electron chi connectivity index (χ0n) is 12.2. The summed E-state index contributed by atoms with van der Waals surface area (Å²) in [5.41, 5.74) is 1.32. The van der Waals surface area contributed by atoms with Gasteiger partial charge in [0.1, 0.15) is 0 Å². The minimum atomic E-state index is -0.234. The highest BCUT2D eigenvalue weighted by Crippen LogP contribution is 2.13. The average molecular weight is 285 g/mol. The molecular formula is C16H19N3O2. The summed E-state index contributed by atoms with van der Waals surface area (Å²) in [6.07, 6.45) is 3.03. The van der Waals surface area contributed by atoms with Crippen LogP contribution in [0.5, 0.6) is 0 Å². The molecule has 0 saturated carbocycles. The SMILES string of the molecule is CC(CO)C(C)NC(=O)c1cnc(-c2ccccc2)nc1. The van der Waals surface area contributed by atoms with E-state index in [1.807, 2.05) is 44.2 Å². The number of nitrogens with zero attached hydrogens (tertiary/aromatic N) is 2. The summed E-state index contributed by atoms with van der Waals surface area (Å²) in [6, 6.07) is 9.47. The number of hydrogen-bond acceptors (Lipinski definition) is 4. The van der Waals surface area contributed by atoms with Crippen LogP contribution in [0.2, 0.25) is 0 Å². The molecule has 1 aromatic heterocycles. The van der Waals surface area contributed by atoms with Crippen LogP contribution in [0.25, 0.3) is 11.4 Å². The van der Waals surface area contributed by atoms with Gasteiger partial charge in [-0.1, -0.05) is 37.3 Å². The van der Waals surface area contributed by atoms with Gasteiger partial charge in [0.05, 0.1) is 5.56 Å². The highest BCUT2D eigenvalue weighted by atomic mass is 16.3. The van der Waals surface area contributed by atoms with E-state index < -0.39 is 0 Å². The van der Waals surface area contributed by atoms with Gasteiger partial charge in [0.25, 0.3) is 5.91 Å². The first-order valence-corrected chi connectivity index (χ1v) is 6.91. The van der Waals surface area contributed by atoms with E-state index in [1.54, 1.807) is 0 Å². The van der Waals surface area contributed by atoms with Crippen LogP contribution in [0.3, 0.4) is 0 Å². The summed E-state index contributed by atoms with van der Waals surface area (Å²) in [7, 11) is 0. The summed E-state index contributed by atoms with van der Waals surface area (Å²) in [5, 5.41) is 11.9. The monoisotopic (exact) mass is 285 g/mol. The van der Waals surface area contributed by atoms with Crippen LogP contribution in [0.4, 0.5) is 0 Å². The number of aromatic nitrogens is 2. The Morgan fingerprint density at radius 1 is 1.19 bits per heavy atom. The normalized spacial score (nSPS) is 13.5. The molecule has 1 aromatic carbocycles. The van der Waals surface area contributed by atoms with Gasteiger partial charge < -0.3 is 10.4 Å². The van der Waals surface area contributed by atoms with E-state index in [9.17, 15) is 4.79 Å². The lowest BCUT2D eigenvalue weighted by Gasteiger charge is -2.19. The second-order valence-electron chi connectivity index (χ2n) is 5.08. The molecule has 0 spiro atoms. The lowest BCUT2D eigenvalue weighted by molar-refractivity contribution is 0.0915. The lowest BCUT2D eigenvalue weighted by atomic mass is 10.1. The van der Waals surface area contributed by atoms with Gasteiger partial charge in [-0.25, -0.2) is 9.97 Å². The van der Waals surface area contributed by atoms with Crippen molar-refractivity contribution < 1.29 is 9.90 Å². The van der Waals surface area contributed by atoms with Crippen LogP contribution in [-0.4, -0.2) is 33.6 Å². The van der Waals surface area contributed by atoms with E-state index in [2.05, 4.69) is 15.3 Å². The topological polar surface area (TPSA) is 75.1 Å². The zero-order chi connectivity index (χ0) is 15.2. The number of carbonyl (C=O) groups is 1. The summed E-state index contributed by atoms with van der Waals surface area (Å²) in [5.74, 6) is 0.352. The molecule has 0 bridgehead atoms. The predicted octanol–water partition coefficient (Wildman–Crippen LogP) is 1.89. The zero-order valence-corrected chi connectivity index (χ0v) is 12.2. The molecule has 2 aromatic rings. The minimum Gasteiger partial charge on any atom is -0.396 e. The Hall–Kier alpha value is -2.27. The highest BCUT2D eigenvalue weighted by molar-refractivity contribution is 5.93. The van der Waals surface area contributed by atoms with E-state index in [4.69, 9.17) is 5.11 Å². The lowest BCUT2D eigenvalue weighted by Crippen LogP contribution is -2.38. The minimum absolute atomic E-state index is 0.00143. The Balaban J connectivity index is 2.07. The van der Waals surface area contributed by atoms with Crippen LogP contribution in [0.1, 0.15) is 24.2 Å². The third kappa shape index (κ3) is 3.86. The van der Waals surface area contributed by atoms with E-state index in [1.165, 1.54) is 12.4 Å². The van der Waals surface area contributed by atoms with Crippen molar-refractivity contribution >= 4 is 5.91 Å². The number of aliphatic hydroxyl groups is 1. The second kappa shape index (κ2) is 6.95.